The Labute approximate surface area is 140 Å². The predicted octanol–water partition coefficient (Wildman–Crippen LogP) is 2.71. The molecular formula is C13H15F4N3O4S. The third kappa shape index (κ3) is 4.18. The first-order valence-corrected chi connectivity index (χ1v) is 8.71. The summed E-state index contributed by atoms with van der Waals surface area (Å²) in [6, 6.07) is 3.57. The summed E-state index contributed by atoms with van der Waals surface area (Å²) in [5.74, 6) is -1.19. The van der Waals surface area contributed by atoms with E-state index < -0.39 is 32.0 Å². The number of nitrogens with one attached hydrogen (secondary N) is 1. The molecule has 1 saturated heterocycles. The zero-order valence-corrected chi connectivity index (χ0v) is 13.6. The Kier molecular flexibility index (Phi) is 5.52. The molecule has 1 aliphatic rings. The predicted molar refractivity (Wildman–Crippen MR) is 80.8 cm³/mol. The molecule has 7 nitrogen and oxygen atoms in total. The van der Waals surface area contributed by atoms with Gasteiger partial charge in [0, 0.05) is 19.6 Å². The van der Waals surface area contributed by atoms with E-state index in [1.807, 2.05) is 0 Å². The van der Waals surface area contributed by atoms with Crippen molar-refractivity contribution in [2.75, 3.05) is 25.0 Å². The van der Waals surface area contributed by atoms with E-state index in [2.05, 4.69) is 5.32 Å². The molecule has 12 heteroatoms. The van der Waals surface area contributed by atoms with Crippen molar-refractivity contribution in [2.45, 2.75) is 18.3 Å². The summed E-state index contributed by atoms with van der Waals surface area (Å²) in [4.78, 5) is 10.0. The van der Waals surface area contributed by atoms with Crippen LogP contribution < -0.4 is 5.32 Å². The fraction of sp³-hybridized carbons (Fsp3) is 0.538. The van der Waals surface area contributed by atoms with Gasteiger partial charge in [0.05, 0.1) is 4.92 Å². The molecule has 2 rings (SSSR count). The van der Waals surface area contributed by atoms with Crippen molar-refractivity contribution in [3.05, 3.63) is 34.1 Å². The maximum Gasteiger partial charge on any atom is 0.511 e. The molecule has 0 bridgehead atoms. The molecular weight excluding hydrogens is 370 g/mol. The molecule has 1 aromatic rings. The van der Waals surface area contributed by atoms with Crippen molar-refractivity contribution in [1.29, 1.82) is 0 Å². The topological polar surface area (TPSA) is 92.6 Å². The monoisotopic (exact) mass is 385 g/mol. The van der Waals surface area contributed by atoms with Crippen LogP contribution in [0, 0.1) is 21.8 Å². The highest BCUT2D eigenvalue weighted by molar-refractivity contribution is 7.90. The molecule has 0 aromatic heterocycles. The number of halogens is 4. The minimum atomic E-state index is -5.34. The lowest BCUT2D eigenvalue weighted by molar-refractivity contribution is -0.386. The number of sulfonamides is 1. The van der Waals surface area contributed by atoms with Gasteiger partial charge in [-0.15, -0.1) is 0 Å². The lowest BCUT2D eigenvalue weighted by atomic mass is 9.98. The van der Waals surface area contributed by atoms with Gasteiger partial charge in [-0.05, 0) is 30.9 Å². The average molecular weight is 385 g/mol. The molecule has 0 spiro atoms. The first kappa shape index (κ1) is 19.4. The van der Waals surface area contributed by atoms with Crippen molar-refractivity contribution >= 4 is 21.4 Å². The molecule has 0 radical (unpaired) electrons. The van der Waals surface area contributed by atoms with Crippen LogP contribution in [0.1, 0.15) is 12.8 Å². The largest absolute Gasteiger partial charge is 0.511 e. The average Bonchev–Trinajstić information content (AvgIpc) is 2.51. The number of hydrogen-bond donors (Lipinski definition) is 1. The zero-order valence-electron chi connectivity index (χ0n) is 12.8. The summed E-state index contributed by atoms with van der Waals surface area (Å²) in [7, 11) is -5.34. The Morgan fingerprint density at radius 3 is 2.40 bits per heavy atom. The summed E-state index contributed by atoms with van der Waals surface area (Å²) in [5, 5.41) is 13.6. The molecule has 25 heavy (non-hydrogen) atoms. The quantitative estimate of drug-likeness (QED) is 0.478. The number of benzene rings is 1. The van der Waals surface area contributed by atoms with Gasteiger partial charge in [0.25, 0.3) is 0 Å². The molecule has 1 aromatic carbocycles. The molecule has 1 heterocycles. The molecule has 0 aliphatic carbocycles. The molecule has 1 aliphatic heterocycles. The van der Waals surface area contributed by atoms with Gasteiger partial charge in [0.1, 0.15) is 5.69 Å². The highest BCUT2D eigenvalue weighted by Crippen LogP contribution is 2.31. The number of nitro groups is 1. The van der Waals surface area contributed by atoms with E-state index in [1.165, 1.54) is 12.1 Å². The smallest absolute Gasteiger partial charge is 0.379 e. The van der Waals surface area contributed by atoms with E-state index in [9.17, 15) is 36.1 Å². The van der Waals surface area contributed by atoms with Gasteiger partial charge in [-0.3, -0.25) is 10.1 Å². The molecule has 1 N–H and O–H groups in total. The first-order valence-electron chi connectivity index (χ1n) is 7.27. The molecule has 0 atom stereocenters. The standard InChI is InChI=1S/C13H15F4N3O4S/c14-10-2-1-3-11(12(10)20(21)22)18-8-9-4-6-19(7-5-9)25(23,24)13(15,16)17/h1-3,9,18H,4-8H2. The number of rotatable bonds is 5. The van der Waals surface area contributed by atoms with Crippen LogP contribution in [-0.4, -0.2) is 42.8 Å². The Morgan fingerprint density at radius 1 is 1.28 bits per heavy atom. The second kappa shape index (κ2) is 7.12. The number of nitro benzene ring substituents is 1. The molecule has 0 saturated carbocycles. The van der Waals surface area contributed by atoms with E-state index in [0.717, 1.165) is 6.07 Å². The van der Waals surface area contributed by atoms with Crippen LogP contribution in [-0.2, 0) is 10.0 Å². The lowest BCUT2D eigenvalue weighted by Gasteiger charge is -2.31. The van der Waals surface area contributed by atoms with Gasteiger partial charge < -0.3 is 5.32 Å². The van der Waals surface area contributed by atoms with Crippen molar-refractivity contribution in [2.24, 2.45) is 5.92 Å². The van der Waals surface area contributed by atoms with E-state index in [0.29, 0.717) is 4.31 Å². The number of anilines is 1. The van der Waals surface area contributed by atoms with Crippen molar-refractivity contribution < 1.29 is 30.9 Å². The van der Waals surface area contributed by atoms with E-state index in [4.69, 9.17) is 0 Å². The number of alkyl halides is 3. The van der Waals surface area contributed by atoms with Crippen LogP contribution in [0.15, 0.2) is 18.2 Å². The number of para-hydroxylation sites is 1. The van der Waals surface area contributed by atoms with Crippen molar-refractivity contribution in [1.82, 2.24) is 4.31 Å². The Hall–Kier alpha value is -1.95. The van der Waals surface area contributed by atoms with Crippen molar-refractivity contribution in [3.8, 4) is 0 Å². The lowest BCUT2D eigenvalue weighted by Crippen LogP contribution is -2.45. The summed E-state index contributed by atoms with van der Waals surface area (Å²) in [6.07, 6.45) is 0.316. The Bertz CT molecular complexity index is 746. The summed E-state index contributed by atoms with van der Waals surface area (Å²) in [6.45, 7) is -0.428. The number of hydrogen-bond acceptors (Lipinski definition) is 5. The van der Waals surface area contributed by atoms with Crippen LogP contribution in [0.4, 0.5) is 28.9 Å². The molecule has 0 amide bonds. The van der Waals surface area contributed by atoms with E-state index in [1.54, 1.807) is 0 Å². The van der Waals surface area contributed by atoms with Crippen LogP contribution in [0.25, 0.3) is 0 Å². The van der Waals surface area contributed by atoms with Crippen LogP contribution >= 0.6 is 0 Å². The zero-order chi connectivity index (χ0) is 18.8. The minimum absolute atomic E-state index is 0.0321. The molecule has 0 unspecified atom stereocenters. The molecule has 140 valence electrons. The summed E-state index contributed by atoms with van der Waals surface area (Å²) in [5.41, 5.74) is -6.07. The second-order valence-electron chi connectivity index (χ2n) is 5.57. The number of piperidine rings is 1. The van der Waals surface area contributed by atoms with Gasteiger partial charge in [0.2, 0.25) is 5.82 Å². The fourth-order valence-corrected chi connectivity index (χ4v) is 3.58. The highest BCUT2D eigenvalue weighted by atomic mass is 32.2. The third-order valence-electron chi connectivity index (χ3n) is 3.96. The maximum atomic E-state index is 13.5. The molecule has 1 fully saturated rings. The van der Waals surface area contributed by atoms with Crippen LogP contribution in [0.3, 0.4) is 0 Å². The SMILES string of the molecule is O=[N+]([O-])c1c(F)cccc1NCC1CCN(S(=O)(=O)C(F)(F)F)CC1. The minimum Gasteiger partial charge on any atom is -0.379 e. The van der Waals surface area contributed by atoms with Crippen LogP contribution in [0.2, 0.25) is 0 Å². The summed E-state index contributed by atoms with van der Waals surface area (Å²) < 4.78 is 74.0. The third-order valence-corrected chi connectivity index (χ3v) is 5.59. The Morgan fingerprint density at radius 2 is 1.88 bits per heavy atom. The van der Waals surface area contributed by atoms with Gasteiger partial charge in [-0.25, -0.2) is 8.42 Å². The van der Waals surface area contributed by atoms with Crippen molar-refractivity contribution in [3.63, 3.8) is 0 Å². The van der Waals surface area contributed by atoms with Crippen LogP contribution in [0.5, 0.6) is 0 Å². The normalized spacial score (nSPS) is 17.4. The maximum absolute atomic E-state index is 13.5. The van der Waals surface area contributed by atoms with Gasteiger partial charge in [-0.1, -0.05) is 6.07 Å². The van der Waals surface area contributed by atoms with Gasteiger partial charge >= 0.3 is 21.2 Å². The second-order valence-corrected chi connectivity index (χ2v) is 7.50. The van der Waals surface area contributed by atoms with Gasteiger partial charge in [0.15, 0.2) is 0 Å². The van der Waals surface area contributed by atoms with E-state index >= 15 is 0 Å². The fourth-order valence-electron chi connectivity index (χ4n) is 2.60. The van der Waals surface area contributed by atoms with Gasteiger partial charge in [-0.2, -0.15) is 21.9 Å². The van der Waals surface area contributed by atoms with E-state index in [-0.39, 0.29) is 44.1 Å². The number of nitrogens with zero attached hydrogens (tertiary/aromatic N) is 2. The Balaban J connectivity index is 1.96. The summed E-state index contributed by atoms with van der Waals surface area (Å²) >= 11 is 0. The highest BCUT2D eigenvalue weighted by Gasteiger charge is 2.50. The first-order chi connectivity index (χ1) is 11.5.